The van der Waals surface area contributed by atoms with Crippen LogP contribution in [-0.2, 0) is 61.0 Å². The number of benzene rings is 4. The van der Waals surface area contributed by atoms with Gasteiger partial charge in [-0.1, -0.05) is 88.4 Å². The maximum Gasteiger partial charge on any atom is 0.355 e. The van der Waals surface area contributed by atoms with E-state index in [1.54, 1.807) is 47.2 Å². The fourth-order valence-electron chi connectivity index (χ4n) is 12.1. The van der Waals surface area contributed by atoms with Crippen molar-refractivity contribution in [2.24, 2.45) is 18.4 Å². The summed E-state index contributed by atoms with van der Waals surface area (Å²) in [4.78, 5) is 115. The Morgan fingerprint density at radius 1 is 0.864 bits per heavy atom. The molecule has 0 aliphatic carbocycles. The molecule has 0 bridgehead atoms. The molecule has 10 rings (SSSR count). The van der Waals surface area contributed by atoms with Gasteiger partial charge in [-0.3, -0.25) is 52.6 Å². The maximum atomic E-state index is 16.9. The standard InChI is InChI=1S/C64H76FN8O13PS/c1-7-31-84-62(80)39(2)68-87(82,86-45-16-12-9-13-17-45)57(65)43-19-22-51-44(35-43)36-52(88-51)59(77)67-56(64(3,4)5)61(79)72-29-26-49(55(72)60(78)71-30-32-83-50(37-71)42-14-10-8-11-15-42)85-38-54(75)70-27-24-40(25-28-70)33-41-18-20-46-48(34-41)69(6)63(81)73(46)47-21-23-53(74)66-58(47)76/h8-20,22,34-36,39-40,47,49-50,55-57H,7,21,23-33,37-38H2,1-6H3,(H,67,77)(H,68,82)(H,66,74,76)/t39-,47?,49+,50-,55-,56+,57+,87+/m0/s1. The Morgan fingerprint density at radius 2 is 1.59 bits per heavy atom. The second-order valence-electron chi connectivity index (χ2n) is 24.2. The first kappa shape index (κ1) is 63.5. The molecule has 2 aromatic heterocycles. The van der Waals surface area contributed by atoms with E-state index < -0.39 is 78.9 Å². The van der Waals surface area contributed by atoms with Gasteiger partial charge in [0.25, 0.3) is 5.91 Å². The molecule has 468 valence electrons. The van der Waals surface area contributed by atoms with Gasteiger partial charge >= 0.3 is 19.2 Å². The fraction of sp³-hybridized carbons (Fsp3) is 0.469. The molecule has 4 aliphatic heterocycles. The van der Waals surface area contributed by atoms with Crippen molar-refractivity contribution in [3.05, 3.63) is 135 Å². The third-order valence-corrected chi connectivity index (χ3v) is 20.1. The smallest absolute Gasteiger partial charge is 0.355 e. The molecular formula is C64H76FN8O13PS. The highest BCUT2D eigenvalue weighted by Crippen LogP contribution is 2.58. The number of hydrogen-bond acceptors (Lipinski definition) is 14. The molecule has 4 saturated heterocycles. The van der Waals surface area contributed by atoms with Crippen LogP contribution < -0.4 is 25.9 Å². The number of carbonyl (C=O) groups is 7. The van der Waals surface area contributed by atoms with Gasteiger partial charge in [0.1, 0.15) is 42.6 Å². The van der Waals surface area contributed by atoms with Crippen molar-refractivity contribution in [2.75, 3.05) is 52.5 Å². The number of esters is 1. The summed E-state index contributed by atoms with van der Waals surface area (Å²) in [7, 11) is -2.88. The number of likely N-dealkylation sites (tertiary alicyclic amines) is 2. The molecule has 0 radical (unpaired) electrons. The Labute approximate surface area is 513 Å². The van der Waals surface area contributed by atoms with Crippen molar-refractivity contribution in [3.8, 4) is 5.75 Å². The maximum absolute atomic E-state index is 16.9. The Kier molecular flexibility index (Phi) is 19.5. The lowest BCUT2D eigenvalue weighted by Crippen LogP contribution is -2.60. The number of hydrogen-bond donors (Lipinski definition) is 3. The number of aryl methyl sites for hydroxylation is 1. The molecule has 4 aliphatic rings. The van der Waals surface area contributed by atoms with Gasteiger partial charge < -0.3 is 38.8 Å². The molecule has 6 amide bonds. The summed E-state index contributed by atoms with van der Waals surface area (Å²) < 4.78 is 58.6. The number of imidazole rings is 1. The first-order chi connectivity index (χ1) is 42.1. The first-order valence-electron chi connectivity index (χ1n) is 30.1. The summed E-state index contributed by atoms with van der Waals surface area (Å²) in [6.07, 6.45) is 1.98. The summed E-state index contributed by atoms with van der Waals surface area (Å²) in [6.45, 7) is 10.2. The number of alkyl halides is 1. The number of aromatic nitrogens is 2. The summed E-state index contributed by atoms with van der Waals surface area (Å²) in [5.74, 6) is -5.23. The molecule has 4 aromatic carbocycles. The quantitative estimate of drug-likeness (QED) is 0.0374. The molecule has 6 aromatic rings. The molecular weight excluding hydrogens is 1170 g/mol. The van der Waals surface area contributed by atoms with Crippen LogP contribution in [0, 0.1) is 11.3 Å². The van der Waals surface area contributed by atoms with E-state index in [1.165, 1.54) is 45.2 Å². The van der Waals surface area contributed by atoms with Crippen LogP contribution in [0.15, 0.2) is 108 Å². The zero-order chi connectivity index (χ0) is 62.6. The third-order valence-electron chi connectivity index (χ3n) is 16.9. The van der Waals surface area contributed by atoms with Crippen LogP contribution in [0.3, 0.4) is 0 Å². The SMILES string of the molecule is CCCOC(=O)[C@H](C)N[P@](=O)(Oc1ccccc1)[C@@H](F)c1ccc2sc(C(=O)N[C@H](C(=O)N3CC[C@@H](OCC(=O)N4CCC(Cc5ccc6c(c5)n(C)c(=O)n6C5CCC(=O)NC5=O)CC4)[C@H]3C(=O)N3CCO[C@H](c4ccccc4)C3)C(C)(C)C)cc2c1. The molecule has 3 N–H and O–H groups in total. The predicted octanol–water partition coefficient (Wildman–Crippen LogP) is 7.92. The molecule has 4 fully saturated rings. The van der Waals surface area contributed by atoms with E-state index in [1.807, 2.05) is 76.2 Å². The lowest BCUT2D eigenvalue weighted by molar-refractivity contribution is -0.156. The van der Waals surface area contributed by atoms with Crippen LogP contribution >= 0.6 is 18.9 Å². The number of morpholine rings is 1. The minimum atomic E-state index is -4.55. The Morgan fingerprint density at radius 3 is 2.30 bits per heavy atom. The Hall–Kier alpha value is -7.56. The lowest BCUT2D eigenvalue weighted by Gasteiger charge is -2.39. The van der Waals surface area contributed by atoms with Gasteiger partial charge in [0.15, 0.2) is 0 Å². The van der Waals surface area contributed by atoms with Gasteiger partial charge in [-0.15, -0.1) is 11.3 Å². The molecule has 21 nitrogen and oxygen atoms in total. The van der Waals surface area contributed by atoms with Gasteiger partial charge in [-0.2, -0.15) is 0 Å². The predicted molar refractivity (Wildman–Crippen MR) is 328 cm³/mol. The number of rotatable bonds is 20. The van der Waals surface area contributed by atoms with Crippen molar-refractivity contribution < 1.29 is 61.3 Å². The van der Waals surface area contributed by atoms with E-state index in [9.17, 15) is 33.3 Å². The van der Waals surface area contributed by atoms with Crippen molar-refractivity contribution in [2.45, 2.75) is 122 Å². The molecule has 24 heteroatoms. The molecule has 6 heterocycles. The molecule has 1 unspecified atom stereocenters. The molecule has 0 spiro atoms. The number of para-hydroxylation sites is 1. The number of halogens is 1. The minimum Gasteiger partial charge on any atom is -0.465 e. The van der Waals surface area contributed by atoms with E-state index in [0.717, 1.165) is 22.5 Å². The van der Waals surface area contributed by atoms with Crippen LogP contribution in [0.2, 0.25) is 0 Å². The van der Waals surface area contributed by atoms with Crippen molar-refractivity contribution in [1.82, 2.24) is 39.6 Å². The number of fused-ring (bicyclic) bond motifs is 2. The Bertz CT molecular complexity index is 3690. The summed E-state index contributed by atoms with van der Waals surface area (Å²) >= 11 is 1.11. The van der Waals surface area contributed by atoms with Gasteiger partial charge in [-0.05, 0) is 121 Å². The number of carbonyl (C=O) groups excluding carboxylic acids is 7. The monoisotopic (exact) mass is 1250 g/mol. The lowest BCUT2D eigenvalue weighted by atomic mass is 9.85. The summed E-state index contributed by atoms with van der Waals surface area (Å²) in [5.41, 5.74) is 1.91. The highest BCUT2D eigenvalue weighted by Gasteiger charge is 2.49. The summed E-state index contributed by atoms with van der Waals surface area (Å²) in [5, 5.41) is 8.36. The van der Waals surface area contributed by atoms with Gasteiger partial charge in [0.05, 0.1) is 41.8 Å². The van der Waals surface area contributed by atoms with Crippen LogP contribution in [0.25, 0.3) is 21.1 Å². The van der Waals surface area contributed by atoms with Crippen molar-refractivity contribution >= 4 is 81.4 Å². The topological polar surface area (TPSA) is 246 Å². The van der Waals surface area contributed by atoms with Crippen molar-refractivity contribution in [3.63, 3.8) is 0 Å². The Balaban J connectivity index is 0.822. The van der Waals surface area contributed by atoms with Crippen LogP contribution in [-0.4, -0.2) is 142 Å². The number of imide groups is 1. The van der Waals surface area contributed by atoms with Gasteiger partial charge in [0, 0.05) is 44.3 Å². The van der Waals surface area contributed by atoms with Crippen molar-refractivity contribution in [1.29, 1.82) is 0 Å². The molecule has 88 heavy (non-hydrogen) atoms. The number of nitrogens with zero attached hydrogens (tertiary/aromatic N) is 5. The van der Waals surface area contributed by atoms with Crippen LogP contribution in [0.5, 0.6) is 5.75 Å². The largest absolute Gasteiger partial charge is 0.465 e. The number of piperidine rings is 2. The van der Waals surface area contributed by atoms with Crippen LogP contribution in [0.4, 0.5) is 4.39 Å². The average molecular weight is 1250 g/mol. The zero-order valence-electron chi connectivity index (χ0n) is 50.3. The number of amides is 6. The number of thiophene rings is 1. The highest BCUT2D eigenvalue weighted by atomic mass is 32.1. The molecule has 8 atom stereocenters. The third kappa shape index (κ3) is 14.0. The van der Waals surface area contributed by atoms with E-state index in [0.29, 0.717) is 59.9 Å². The fourth-order valence-corrected chi connectivity index (χ4v) is 15.0. The number of nitrogens with one attached hydrogen (secondary N) is 3. The van der Waals surface area contributed by atoms with Gasteiger partial charge in [-0.25, -0.2) is 14.3 Å². The summed E-state index contributed by atoms with van der Waals surface area (Å²) in [6, 6.07) is 25.1. The second-order valence-corrected chi connectivity index (χ2v) is 27.4. The molecule has 0 saturated carbocycles. The van der Waals surface area contributed by atoms with E-state index in [2.05, 4.69) is 15.7 Å². The van der Waals surface area contributed by atoms with Crippen LogP contribution in [0.1, 0.15) is 118 Å². The van der Waals surface area contributed by atoms with Gasteiger partial charge in [0.2, 0.25) is 35.4 Å². The van der Waals surface area contributed by atoms with E-state index in [-0.39, 0.29) is 104 Å². The van der Waals surface area contributed by atoms with E-state index >= 15 is 14.0 Å². The first-order valence-corrected chi connectivity index (χ1v) is 32.6. The second kappa shape index (κ2) is 27.0. The average Bonchev–Trinajstić information content (AvgIpc) is 2.18. The zero-order valence-corrected chi connectivity index (χ0v) is 52.0. The minimum absolute atomic E-state index is 0.0370. The highest BCUT2D eigenvalue weighted by molar-refractivity contribution is 7.57. The van der Waals surface area contributed by atoms with E-state index in [4.69, 9.17) is 18.7 Å². The number of ether oxygens (including phenoxy) is 3. The normalized spacial score (nSPS) is 21.1.